The van der Waals surface area contributed by atoms with Gasteiger partial charge in [-0.05, 0) is 36.6 Å². The SMILES string of the molecule is Cc1ccc2c(c1)N(Nc1ncnc3[nH]ccc13)CC2. The Labute approximate surface area is 116 Å². The Bertz CT molecular complexity index is 777. The molecule has 0 fully saturated rings. The van der Waals surface area contributed by atoms with E-state index in [0.717, 1.165) is 29.8 Å². The third-order valence-corrected chi connectivity index (χ3v) is 3.73. The van der Waals surface area contributed by atoms with Crippen LogP contribution < -0.4 is 10.4 Å². The van der Waals surface area contributed by atoms with Crippen molar-refractivity contribution in [2.45, 2.75) is 13.3 Å². The van der Waals surface area contributed by atoms with E-state index in [2.05, 4.69) is 50.5 Å². The Kier molecular flexibility index (Phi) is 2.39. The van der Waals surface area contributed by atoms with Crippen LogP contribution in [0.15, 0.2) is 36.8 Å². The van der Waals surface area contributed by atoms with Gasteiger partial charge in [0, 0.05) is 12.7 Å². The zero-order valence-corrected chi connectivity index (χ0v) is 11.2. The van der Waals surface area contributed by atoms with Crippen LogP contribution in [0.1, 0.15) is 11.1 Å². The maximum Gasteiger partial charge on any atom is 0.157 e. The number of anilines is 2. The third kappa shape index (κ3) is 1.71. The predicted molar refractivity (Wildman–Crippen MR) is 79.7 cm³/mol. The summed E-state index contributed by atoms with van der Waals surface area (Å²) in [6, 6.07) is 8.57. The van der Waals surface area contributed by atoms with Crippen molar-refractivity contribution >= 4 is 22.5 Å². The van der Waals surface area contributed by atoms with E-state index in [1.54, 1.807) is 6.33 Å². The Hall–Kier alpha value is -2.56. The first-order valence-corrected chi connectivity index (χ1v) is 6.73. The number of aryl methyl sites for hydroxylation is 1. The lowest BCUT2D eigenvalue weighted by Crippen LogP contribution is -2.28. The van der Waals surface area contributed by atoms with Crippen molar-refractivity contribution < 1.29 is 0 Å². The average Bonchev–Trinajstić information content (AvgIpc) is 3.06. The summed E-state index contributed by atoms with van der Waals surface area (Å²) >= 11 is 0. The van der Waals surface area contributed by atoms with Crippen LogP contribution in [0.25, 0.3) is 11.0 Å². The highest BCUT2D eigenvalue weighted by Gasteiger charge is 2.20. The van der Waals surface area contributed by atoms with Crippen LogP contribution in [-0.2, 0) is 6.42 Å². The van der Waals surface area contributed by atoms with E-state index in [-0.39, 0.29) is 0 Å². The molecular weight excluding hydrogens is 250 g/mol. The highest BCUT2D eigenvalue weighted by atomic mass is 15.5. The van der Waals surface area contributed by atoms with Gasteiger partial charge in [0.15, 0.2) is 5.82 Å². The predicted octanol–water partition coefficient (Wildman–Crippen LogP) is 2.66. The fraction of sp³-hybridized carbons (Fsp3) is 0.200. The molecule has 0 radical (unpaired) electrons. The van der Waals surface area contributed by atoms with Gasteiger partial charge in [0.2, 0.25) is 0 Å². The lowest BCUT2D eigenvalue weighted by Gasteiger charge is -2.21. The maximum atomic E-state index is 4.35. The Morgan fingerprint density at radius 2 is 2.20 bits per heavy atom. The molecule has 0 unspecified atom stereocenters. The maximum absolute atomic E-state index is 4.35. The van der Waals surface area contributed by atoms with E-state index in [9.17, 15) is 0 Å². The monoisotopic (exact) mass is 265 g/mol. The molecule has 5 nitrogen and oxygen atoms in total. The molecule has 0 spiro atoms. The number of hydrazine groups is 1. The minimum absolute atomic E-state index is 0.839. The van der Waals surface area contributed by atoms with Crippen molar-refractivity contribution in [3.05, 3.63) is 47.9 Å². The minimum Gasteiger partial charge on any atom is -0.346 e. The highest BCUT2D eigenvalue weighted by Crippen LogP contribution is 2.30. The Morgan fingerprint density at radius 3 is 3.15 bits per heavy atom. The molecular formula is C15H15N5. The van der Waals surface area contributed by atoms with Crippen LogP contribution in [0.3, 0.4) is 0 Å². The standard InChI is InChI=1S/C15H15N5/c1-10-2-3-11-5-7-20(13(11)8-10)19-15-12-4-6-16-14(12)17-9-18-15/h2-4,6,8-9H,5,7H2,1H3,(H2,16,17,18,19). The summed E-state index contributed by atoms with van der Waals surface area (Å²) in [6.07, 6.45) is 4.52. The Balaban J connectivity index is 1.71. The van der Waals surface area contributed by atoms with Crippen LogP contribution in [0, 0.1) is 6.92 Å². The molecule has 0 bridgehead atoms. The van der Waals surface area contributed by atoms with Gasteiger partial charge in [-0.2, -0.15) is 0 Å². The van der Waals surface area contributed by atoms with Gasteiger partial charge in [-0.25, -0.2) is 9.97 Å². The van der Waals surface area contributed by atoms with Gasteiger partial charge in [-0.3, -0.25) is 10.4 Å². The van der Waals surface area contributed by atoms with Gasteiger partial charge >= 0.3 is 0 Å². The molecule has 0 aliphatic carbocycles. The van der Waals surface area contributed by atoms with Gasteiger partial charge in [-0.1, -0.05) is 12.1 Å². The first-order chi connectivity index (χ1) is 9.81. The molecule has 0 amide bonds. The van der Waals surface area contributed by atoms with Gasteiger partial charge in [0.1, 0.15) is 12.0 Å². The van der Waals surface area contributed by atoms with E-state index >= 15 is 0 Å². The summed E-state index contributed by atoms with van der Waals surface area (Å²) in [5.41, 5.74) is 8.16. The van der Waals surface area contributed by atoms with Crippen molar-refractivity contribution in [2.75, 3.05) is 17.0 Å². The average molecular weight is 265 g/mol. The number of nitrogens with one attached hydrogen (secondary N) is 2. The second-order valence-corrected chi connectivity index (χ2v) is 5.11. The molecule has 1 aromatic carbocycles. The van der Waals surface area contributed by atoms with E-state index in [0.29, 0.717) is 0 Å². The summed E-state index contributed by atoms with van der Waals surface area (Å²) in [7, 11) is 0. The number of H-pyrrole nitrogens is 1. The first kappa shape index (κ1) is 11.3. The molecule has 2 N–H and O–H groups in total. The third-order valence-electron chi connectivity index (χ3n) is 3.73. The highest BCUT2D eigenvalue weighted by molar-refractivity contribution is 5.87. The van der Waals surface area contributed by atoms with Crippen molar-refractivity contribution in [3.63, 3.8) is 0 Å². The quantitative estimate of drug-likeness (QED) is 0.748. The second kappa shape index (κ2) is 4.23. The van der Waals surface area contributed by atoms with E-state index in [1.165, 1.54) is 16.8 Å². The first-order valence-electron chi connectivity index (χ1n) is 6.73. The van der Waals surface area contributed by atoms with Crippen LogP contribution in [0.2, 0.25) is 0 Å². The van der Waals surface area contributed by atoms with E-state index in [1.807, 2.05) is 12.3 Å². The van der Waals surface area contributed by atoms with Gasteiger partial charge in [0.25, 0.3) is 0 Å². The smallest absolute Gasteiger partial charge is 0.157 e. The van der Waals surface area contributed by atoms with Crippen LogP contribution in [0.5, 0.6) is 0 Å². The summed E-state index contributed by atoms with van der Waals surface area (Å²) in [6.45, 7) is 3.07. The molecule has 4 rings (SSSR count). The fourth-order valence-electron chi connectivity index (χ4n) is 2.69. The van der Waals surface area contributed by atoms with Gasteiger partial charge in [-0.15, -0.1) is 0 Å². The molecule has 0 atom stereocenters. The zero-order valence-electron chi connectivity index (χ0n) is 11.2. The molecule has 0 saturated heterocycles. The molecule has 2 aromatic heterocycles. The molecule has 20 heavy (non-hydrogen) atoms. The topological polar surface area (TPSA) is 56.8 Å². The van der Waals surface area contributed by atoms with Gasteiger partial charge in [0.05, 0.1) is 11.1 Å². The number of fused-ring (bicyclic) bond motifs is 2. The molecule has 1 aliphatic rings. The molecule has 3 heterocycles. The Morgan fingerprint density at radius 1 is 1.25 bits per heavy atom. The van der Waals surface area contributed by atoms with Crippen molar-refractivity contribution in [1.82, 2.24) is 15.0 Å². The lowest BCUT2D eigenvalue weighted by atomic mass is 10.1. The summed E-state index contributed by atoms with van der Waals surface area (Å²) < 4.78 is 0. The normalized spacial score (nSPS) is 13.8. The summed E-state index contributed by atoms with van der Waals surface area (Å²) in [5.74, 6) is 0.839. The number of hydrogen-bond acceptors (Lipinski definition) is 4. The van der Waals surface area contributed by atoms with Crippen molar-refractivity contribution in [1.29, 1.82) is 0 Å². The van der Waals surface area contributed by atoms with Crippen LogP contribution in [0.4, 0.5) is 11.5 Å². The van der Waals surface area contributed by atoms with Crippen LogP contribution in [-0.4, -0.2) is 21.5 Å². The van der Waals surface area contributed by atoms with Crippen LogP contribution >= 0.6 is 0 Å². The van der Waals surface area contributed by atoms with E-state index < -0.39 is 0 Å². The van der Waals surface area contributed by atoms with Crippen molar-refractivity contribution in [3.8, 4) is 0 Å². The minimum atomic E-state index is 0.839. The number of aromatic nitrogens is 3. The number of rotatable bonds is 2. The molecule has 3 aromatic rings. The molecule has 100 valence electrons. The summed E-state index contributed by atoms with van der Waals surface area (Å²) in [4.78, 5) is 11.7. The van der Waals surface area contributed by atoms with Gasteiger partial charge < -0.3 is 4.98 Å². The zero-order chi connectivity index (χ0) is 13.5. The number of hydrogen-bond donors (Lipinski definition) is 2. The number of aromatic amines is 1. The fourth-order valence-corrected chi connectivity index (χ4v) is 2.69. The second-order valence-electron chi connectivity index (χ2n) is 5.11. The van der Waals surface area contributed by atoms with E-state index in [4.69, 9.17) is 0 Å². The molecule has 5 heteroatoms. The lowest BCUT2D eigenvalue weighted by molar-refractivity contribution is 0.931. The summed E-state index contributed by atoms with van der Waals surface area (Å²) in [5, 5.41) is 3.17. The number of nitrogens with zero attached hydrogens (tertiary/aromatic N) is 3. The molecule has 1 aliphatic heterocycles. The molecule has 0 saturated carbocycles. The largest absolute Gasteiger partial charge is 0.346 e. The van der Waals surface area contributed by atoms with Crippen molar-refractivity contribution in [2.24, 2.45) is 0 Å². The number of benzene rings is 1.